The molecule has 0 aliphatic carbocycles. The van der Waals surface area contributed by atoms with Crippen molar-refractivity contribution < 1.29 is 4.74 Å². The van der Waals surface area contributed by atoms with Crippen LogP contribution >= 0.6 is 15.9 Å². The number of hydrogen-bond donors (Lipinski definition) is 1. The molecule has 3 heteroatoms. The average molecular weight is 284 g/mol. The fourth-order valence-electron chi connectivity index (χ4n) is 2.25. The second-order valence-electron chi connectivity index (χ2n) is 4.61. The van der Waals surface area contributed by atoms with Crippen LogP contribution in [0.1, 0.15) is 29.2 Å². The van der Waals surface area contributed by atoms with Gasteiger partial charge >= 0.3 is 0 Å². The van der Waals surface area contributed by atoms with E-state index in [2.05, 4.69) is 41.9 Å². The molecular formula is C13H18BrNO. The summed E-state index contributed by atoms with van der Waals surface area (Å²) in [5.74, 6) is 0.472. The van der Waals surface area contributed by atoms with E-state index in [-0.39, 0.29) is 6.04 Å². The summed E-state index contributed by atoms with van der Waals surface area (Å²) >= 11 is 3.55. The van der Waals surface area contributed by atoms with Crippen molar-refractivity contribution in [1.82, 2.24) is 0 Å². The summed E-state index contributed by atoms with van der Waals surface area (Å²) < 4.78 is 6.56. The first kappa shape index (κ1) is 12.1. The number of aryl methyl sites for hydroxylation is 2. The molecule has 0 saturated carbocycles. The molecule has 2 rings (SSSR count). The molecule has 88 valence electrons. The first-order valence-electron chi connectivity index (χ1n) is 5.69. The van der Waals surface area contributed by atoms with Gasteiger partial charge in [0.2, 0.25) is 0 Å². The van der Waals surface area contributed by atoms with Crippen molar-refractivity contribution in [2.24, 2.45) is 11.7 Å². The largest absolute Gasteiger partial charge is 0.381 e. The van der Waals surface area contributed by atoms with Crippen LogP contribution in [0.15, 0.2) is 16.6 Å². The molecule has 16 heavy (non-hydrogen) atoms. The highest BCUT2D eigenvalue weighted by molar-refractivity contribution is 9.10. The Morgan fingerprint density at radius 2 is 2.12 bits per heavy atom. The minimum Gasteiger partial charge on any atom is -0.381 e. The van der Waals surface area contributed by atoms with Crippen molar-refractivity contribution in [2.45, 2.75) is 26.3 Å². The first-order chi connectivity index (χ1) is 7.59. The van der Waals surface area contributed by atoms with Gasteiger partial charge in [-0.3, -0.25) is 0 Å². The van der Waals surface area contributed by atoms with Crippen LogP contribution in [0.2, 0.25) is 0 Å². The maximum absolute atomic E-state index is 6.32. The maximum atomic E-state index is 6.32. The van der Waals surface area contributed by atoms with E-state index >= 15 is 0 Å². The lowest BCUT2D eigenvalue weighted by Crippen LogP contribution is -2.22. The molecule has 1 fully saturated rings. The fourth-order valence-corrected chi connectivity index (χ4v) is 2.71. The van der Waals surface area contributed by atoms with Crippen molar-refractivity contribution in [3.8, 4) is 0 Å². The molecule has 1 aliphatic heterocycles. The van der Waals surface area contributed by atoms with Gasteiger partial charge in [-0.1, -0.05) is 22.0 Å². The van der Waals surface area contributed by atoms with Crippen molar-refractivity contribution in [3.63, 3.8) is 0 Å². The number of hydrogen-bond acceptors (Lipinski definition) is 2. The molecule has 1 aromatic carbocycles. The van der Waals surface area contributed by atoms with Crippen LogP contribution in [0.5, 0.6) is 0 Å². The molecule has 2 N–H and O–H groups in total. The van der Waals surface area contributed by atoms with E-state index in [0.29, 0.717) is 5.92 Å². The highest BCUT2D eigenvalue weighted by atomic mass is 79.9. The van der Waals surface area contributed by atoms with Crippen molar-refractivity contribution >= 4 is 15.9 Å². The Labute approximate surface area is 105 Å². The number of rotatable bonds is 2. The Bertz CT molecular complexity index is 386. The predicted molar refractivity (Wildman–Crippen MR) is 69.5 cm³/mol. The van der Waals surface area contributed by atoms with E-state index in [1.807, 2.05) is 0 Å². The van der Waals surface area contributed by atoms with Gasteiger partial charge < -0.3 is 10.5 Å². The van der Waals surface area contributed by atoms with Gasteiger partial charge in [-0.05, 0) is 43.0 Å². The van der Waals surface area contributed by atoms with Gasteiger partial charge in [0.25, 0.3) is 0 Å². The smallest absolute Gasteiger partial charge is 0.0513 e. The minimum atomic E-state index is 0.106. The Kier molecular flexibility index (Phi) is 3.67. The molecule has 0 bridgehead atoms. The SMILES string of the molecule is Cc1cc(C(N)C2CCOC2)c(C)cc1Br. The molecule has 0 amide bonds. The van der Waals surface area contributed by atoms with Crippen molar-refractivity contribution in [2.75, 3.05) is 13.2 Å². The van der Waals surface area contributed by atoms with Gasteiger partial charge in [0.1, 0.15) is 0 Å². The Balaban J connectivity index is 2.28. The Morgan fingerprint density at radius 3 is 2.75 bits per heavy atom. The summed E-state index contributed by atoms with van der Waals surface area (Å²) in [6.45, 7) is 5.88. The highest BCUT2D eigenvalue weighted by Crippen LogP contribution is 2.31. The van der Waals surface area contributed by atoms with Crippen LogP contribution in [-0.4, -0.2) is 13.2 Å². The molecule has 2 nitrogen and oxygen atoms in total. The van der Waals surface area contributed by atoms with E-state index in [4.69, 9.17) is 10.5 Å². The number of ether oxygens (including phenoxy) is 1. The molecule has 0 aromatic heterocycles. The van der Waals surface area contributed by atoms with Gasteiger partial charge in [0, 0.05) is 23.0 Å². The van der Waals surface area contributed by atoms with Gasteiger partial charge in [-0.15, -0.1) is 0 Å². The molecule has 1 aliphatic rings. The fraction of sp³-hybridized carbons (Fsp3) is 0.538. The molecule has 0 spiro atoms. The summed E-state index contributed by atoms with van der Waals surface area (Å²) in [7, 11) is 0. The normalized spacial score (nSPS) is 22.4. The van der Waals surface area contributed by atoms with Gasteiger partial charge in [0.15, 0.2) is 0 Å². The van der Waals surface area contributed by atoms with Crippen molar-refractivity contribution in [1.29, 1.82) is 0 Å². The van der Waals surface area contributed by atoms with Crippen LogP contribution in [0.4, 0.5) is 0 Å². The van der Waals surface area contributed by atoms with E-state index in [1.165, 1.54) is 16.7 Å². The third-order valence-corrected chi connectivity index (χ3v) is 4.23. The zero-order valence-electron chi connectivity index (χ0n) is 9.79. The summed E-state index contributed by atoms with van der Waals surface area (Å²) in [5.41, 5.74) is 10.1. The topological polar surface area (TPSA) is 35.2 Å². The third-order valence-electron chi connectivity index (χ3n) is 3.38. The van der Waals surface area contributed by atoms with Crippen LogP contribution in [-0.2, 0) is 4.74 Å². The second-order valence-corrected chi connectivity index (χ2v) is 5.46. The zero-order chi connectivity index (χ0) is 11.7. The molecule has 2 unspecified atom stereocenters. The number of nitrogens with two attached hydrogens (primary N) is 1. The summed E-state index contributed by atoms with van der Waals surface area (Å²) in [6, 6.07) is 4.46. The minimum absolute atomic E-state index is 0.106. The summed E-state index contributed by atoms with van der Waals surface area (Å²) in [4.78, 5) is 0. The summed E-state index contributed by atoms with van der Waals surface area (Å²) in [6.07, 6.45) is 1.08. The quantitative estimate of drug-likeness (QED) is 0.905. The molecule has 2 atom stereocenters. The van der Waals surface area contributed by atoms with Crippen molar-refractivity contribution in [3.05, 3.63) is 33.3 Å². The summed E-state index contributed by atoms with van der Waals surface area (Å²) in [5, 5.41) is 0. The van der Waals surface area contributed by atoms with Crippen LogP contribution in [0.3, 0.4) is 0 Å². The first-order valence-corrected chi connectivity index (χ1v) is 6.49. The lowest BCUT2D eigenvalue weighted by atomic mass is 9.89. The monoisotopic (exact) mass is 283 g/mol. The van der Waals surface area contributed by atoms with E-state index in [9.17, 15) is 0 Å². The molecule has 1 saturated heterocycles. The molecule has 1 heterocycles. The van der Waals surface area contributed by atoms with Crippen LogP contribution in [0.25, 0.3) is 0 Å². The van der Waals surface area contributed by atoms with E-state index < -0.39 is 0 Å². The standard InChI is InChI=1S/C13H18BrNO/c1-8-6-12(14)9(2)5-11(8)13(15)10-3-4-16-7-10/h5-6,10,13H,3-4,7,15H2,1-2H3. The highest BCUT2D eigenvalue weighted by Gasteiger charge is 2.25. The van der Waals surface area contributed by atoms with Gasteiger partial charge in [0.05, 0.1) is 6.61 Å². The van der Waals surface area contributed by atoms with Crippen LogP contribution < -0.4 is 5.73 Å². The van der Waals surface area contributed by atoms with Gasteiger partial charge in [-0.2, -0.15) is 0 Å². The van der Waals surface area contributed by atoms with Crippen LogP contribution in [0, 0.1) is 19.8 Å². The molecule has 1 aromatic rings. The number of benzene rings is 1. The average Bonchev–Trinajstić information content (AvgIpc) is 2.75. The number of halogens is 1. The lowest BCUT2D eigenvalue weighted by molar-refractivity contribution is 0.181. The maximum Gasteiger partial charge on any atom is 0.0513 e. The third kappa shape index (κ3) is 2.31. The predicted octanol–water partition coefficient (Wildman–Crippen LogP) is 3.10. The van der Waals surface area contributed by atoms with E-state index in [0.717, 1.165) is 24.1 Å². The Morgan fingerprint density at radius 1 is 1.38 bits per heavy atom. The molecule has 0 radical (unpaired) electrons. The second kappa shape index (κ2) is 4.86. The zero-order valence-corrected chi connectivity index (χ0v) is 11.4. The molecular weight excluding hydrogens is 266 g/mol. The lowest BCUT2D eigenvalue weighted by Gasteiger charge is -2.21. The van der Waals surface area contributed by atoms with Gasteiger partial charge in [-0.25, -0.2) is 0 Å². The Hall–Kier alpha value is -0.380. The van der Waals surface area contributed by atoms with E-state index in [1.54, 1.807) is 0 Å².